The summed E-state index contributed by atoms with van der Waals surface area (Å²) in [5.74, 6) is 1.15. The lowest BCUT2D eigenvalue weighted by Gasteiger charge is -2.11. The monoisotopic (exact) mass is 334 g/mol. The van der Waals surface area contributed by atoms with E-state index in [2.05, 4.69) is 15.5 Å². The average molecular weight is 334 g/mol. The van der Waals surface area contributed by atoms with Gasteiger partial charge in [0.15, 0.2) is 0 Å². The van der Waals surface area contributed by atoms with E-state index < -0.39 is 0 Å². The highest BCUT2D eigenvalue weighted by Crippen LogP contribution is 2.21. The molecule has 8 heteroatoms. The summed E-state index contributed by atoms with van der Waals surface area (Å²) in [6.07, 6.45) is 1.96. The third-order valence-corrected chi connectivity index (χ3v) is 4.58. The first-order chi connectivity index (χ1) is 11.1. The van der Waals surface area contributed by atoms with Gasteiger partial charge in [0.25, 0.3) is 0 Å². The van der Waals surface area contributed by atoms with Gasteiger partial charge < -0.3 is 14.7 Å². The molecule has 1 atom stereocenters. The summed E-state index contributed by atoms with van der Waals surface area (Å²) >= 11 is 1.56. The van der Waals surface area contributed by atoms with E-state index in [0.717, 1.165) is 4.88 Å². The molecule has 1 saturated heterocycles. The fourth-order valence-corrected chi connectivity index (χ4v) is 3.17. The zero-order valence-electron chi connectivity index (χ0n) is 12.8. The first-order valence-corrected chi connectivity index (χ1v) is 8.39. The van der Waals surface area contributed by atoms with E-state index in [4.69, 9.17) is 4.52 Å². The summed E-state index contributed by atoms with van der Waals surface area (Å²) < 4.78 is 5.19. The minimum absolute atomic E-state index is 0.0453. The van der Waals surface area contributed by atoms with E-state index in [-0.39, 0.29) is 17.9 Å². The number of aromatic nitrogens is 2. The van der Waals surface area contributed by atoms with Crippen LogP contribution >= 0.6 is 11.3 Å². The van der Waals surface area contributed by atoms with Gasteiger partial charge in [0.2, 0.25) is 23.5 Å². The molecule has 3 rings (SSSR count). The highest BCUT2D eigenvalue weighted by atomic mass is 32.1. The van der Waals surface area contributed by atoms with E-state index in [1.165, 1.54) is 0 Å². The Hall–Kier alpha value is -2.22. The van der Waals surface area contributed by atoms with Gasteiger partial charge in [0.05, 0.1) is 10.9 Å². The van der Waals surface area contributed by atoms with Crippen LogP contribution in [0.3, 0.4) is 0 Å². The van der Waals surface area contributed by atoms with Crippen LogP contribution in [0, 0.1) is 0 Å². The number of likely N-dealkylation sites (N-methyl/N-ethyl adjacent to an activating group) is 1. The Morgan fingerprint density at radius 1 is 1.57 bits per heavy atom. The van der Waals surface area contributed by atoms with Gasteiger partial charge in [-0.05, 0) is 17.9 Å². The summed E-state index contributed by atoms with van der Waals surface area (Å²) in [5, 5.41) is 8.78. The highest BCUT2D eigenvalue weighted by Gasteiger charge is 2.27. The van der Waals surface area contributed by atoms with E-state index in [1.54, 1.807) is 23.3 Å². The van der Waals surface area contributed by atoms with Crippen LogP contribution in [-0.4, -0.2) is 46.5 Å². The van der Waals surface area contributed by atoms with Gasteiger partial charge in [-0.1, -0.05) is 11.2 Å². The number of hydrogen-bond donors (Lipinski definition) is 1. The van der Waals surface area contributed by atoms with Crippen LogP contribution in [0.4, 0.5) is 0 Å². The molecule has 2 amide bonds. The summed E-state index contributed by atoms with van der Waals surface area (Å²) in [6.45, 7) is 0.582. The highest BCUT2D eigenvalue weighted by molar-refractivity contribution is 7.13. The Kier molecular flexibility index (Phi) is 4.71. The second-order valence-corrected chi connectivity index (χ2v) is 6.53. The molecule has 2 aromatic rings. The number of thiophene rings is 1. The number of rotatable bonds is 6. The van der Waals surface area contributed by atoms with Crippen molar-refractivity contribution in [1.29, 1.82) is 0 Å². The van der Waals surface area contributed by atoms with E-state index in [0.29, 0.717) is 43.9 Å². The first-order valence-electron chi connectivity index (χ1n) is 7.51. The fraction of sp³-hybridized carbons (Fsp3) is 0.467. The maximum Gasteiger partial charge on any atom is 0.226 e. The van der Waals surface area contributed by atoms with Crippen molar-refractivity contribution >= 4 is 23.2 Å². The smallest absolute Gasteiger partial charge is 0.226 e. The molecule has 0 saturated carbocycles. The van der Waals surface area contributed by atoms with Crippen molar-refractivity contribution in [1.82, 2.24) is 20.4 Å². The first kappa shape index (κ1) is 15.7. The molecule has 1 aliphatic heterocycles. The maximum absolute atomic E-state index is 11.9. The number of carbonyl (C=O) groups is 2. The van der Waals surface area contributed by atoms with Crippen LogP contribution in [0.25, 0.3) is 10.7 Å². The lowest BCUT2D eigenvalue weighted by atomic mass is 10.2. The van der Waals surface area contributed by atoms with Crippen molar-refractivity contribution in [2.75, 3.05) is 13.6 Å². The van der Waals surface area contributed by atoms with Crippen LogP contribution < -0.4 is 5.32 Å². The normalized spacial score (nSPS) is 17.7. The minimum Gasteiger partial charge on any atom is -0.351 e. The largest absolute Gasteiger partial charge is 0.351 e. The lowest BCUT2D eigenvalue weighted by Crippen LogP contribution is -2.36. The third-order valence-electron chi connectivity index (χ3n) is 3.71. The summed E-state index contributed by atoms with van der Waals surface area (Å²) in [7, 11) is 1.75. The SMILES string of the molecule is CN1C[C@H](NC(=O)CCCc2nc(-c3cccs3)no2)CC1=O. The molecule has 0 aromatic carbocycles. The lowest BCUT2D eigenvalue weighted by molar-refractivity contribution is -0.126. The second-order valence-electron chi connectivity index (χ2n) is 5.59. The van der Waals surface area contributed by atoms with Gasteiger partial charge in [-0.3, -0.25) is 9.59 Å². The maximum atomic E-state index is 11.9. The predicted octanol–water partition coefficient (Wildman–Crippen LogP) is 1.47. The van der Waals surface area contributed by atoms with Crippen LogP contribution in [0.15, 0.2) is 22.0 Å². The molecule has 2 aromatic heterocycles. The van der Waals surface area contributed by atoms with Gasteiger partial charge in [-0.2, -0.15) is 4.98 Å². The van der Waals surface area contributed by atoms with Gasteiger partial charge in [-0.25, -0.2) is 0 Å². The number of carbonyl (C=O) groups excluding carboxylic acids is 2. The van der Waals surface area contributed by atoms with Crippen LogP contribution in [0.2, 0.25) is 0 Å². The van der Waals surface area contributed by atoms with Gasteiger partial charge in [-0.15, -0.1) is 11.3 Å². The van der Waals surface area contributed by atoms with Crippen LogP contribution in [-0.2, 0) is 16.0 Å². The molecule has 0 aliphatic carbocycles. The van der Waals surface area contributed by atoms with Crippen molar-refractivity contribution in [2.45, 2.75) is 31.7 Å². The van der Waals surface area contributed by atoms with Crippen LogP contribution in [0.1, 0.15) is 25.2 Å². The van der Waals surface area contributed by atoms with Gasteiger partial charge in [0, 0.05) is 32.9 Å². The standard InChI is InChI=1S/C15H18N4O3S/c1-19-9-10(8-14(19)21)16-12(20)5-2-6-13-17-15(18-22-13)11-4-3-7-23-11/h3-4,7,10H,2,5-6,8-9H2,1H3,(H,16,20)/t10-/m1/s1. The van der Waals surface area contributed by atoms with E-state index >= 15 is 0 Å². The number of amides is 2. The molecule has 7 nitrogen and oxygen atoms in total. The number of aryl methyl sites for hydroxylation is 1. The van der Waals surface area contributed by atoms with Crippen LogP contribution in [0.5, 0.6) is 0 Å². The number of hydrogen-bond acceptors (Lipinski definition) is 6. The molecular weight excluding hydrogens is 316 g/mol. The summed E-state index contributed by atoms with van der Waals surface area (Å²) in [5.41, 5.74) is 0. The Morgan fingerprint density at radius 2 is 2.43 bits per heavy atom. The quantitative estimate of drug-likeness (QED) is 0.864. The molecule has 1 N–H and O–H groups in total. The Bertz CT molecular complexity index is 683. The minimum atomic E-state index is -0.0752. The van der Waals surface area contributed by atoms with Crippen molar-refractivity contribution in [3.05, 3.63) is 23.4 Å². The topological polar surface area (TPSA) is 88.3 Å². The zero-order chi connectivity index (χ0) is 16.2. The number of nitrogens with one attached hydrogen (secondary N) is 1. The Morgan fingerprint density at radius 3 is 3.13 bits per heavy atom. The van der Waals surface area contributed by atoms with Gasteiger partial charge in [0.1, 0.15) is 0 Å². The Labute approximate surface area is 137 Å². The van der Waals surface area contributed by atoms with Crippen molar-refractivity contribution in [3.63, 3.8) is 0 Å². The van der Waals surface area contributed by atoms with Crippen molar-refractivity contribution < 1.29 is 14.1 Å². The molecule has 0 unspecified atom stereocenters. The molecular formula is C15H18N4O3S. The van der Waals surface area contributed by atoms with E-state index in [9.17, 15) is 9.59 Å². The average Bonchev–Trinajstić information content (AvgIpc) is 3.22. The molecule has 0 bridgehead atoms. The molecule has 1 fully saturated rings. The number of likely N-dealkylation sites (tertiary alicyclic amines) is 1. The fourth-order valence-electron chi connectivity index (χ4n) is 2.52. The summed E-state index contributed by atoms with van der Waals surface area (Å²) in [6, 6.07) is 3.80. The molecule has 3 heterocycles. The van der Waals surface area contributed by atoms with Crippen molar-refractivity contribution in [2.24, 2.45) is 0 Å². The molecule has 23 heavy (non-hydrogen) atoms. The third kappa shape index (κ3) is 3.95. The molecule has 0 spiro atoms. The number of nitrogens with zero attached hydrogens (tertiary/aromatic N) is 3. The second kappa shape index (κ2) is 6.91. The molecule has 1 aliphatic rings. The summed E-state index contributed by atoms with van der Waals surface area (Å²) in [4.78, 5) is 30.2. The van der Waals surface area contributed by atoms with Crippen molar-refractivity contribution in [3.8, 4) is 10.7 Å². The molecule has 122 valence electrons. The Balaban J connectivity index is 1.41. The predicted molar refractivity (Wildman–Crippen MR) is 84.7 cm³/mol. The van der Waals surface area contributed by atoms with E-state index in [1.807, 2.05) is 17.5 Å². The molecule has 0 radical (unpaired) electrons. The zero-order valence-corrected chi connectivity index (χ0v) is 13.6. The van der Waals surface area contributed by atoms with Gasteiger partial charge >= 0.3 is 0 Å².